The highest BCUT2D eigenvalue weighted by Crippen LogP contribution is 2.26. The predicted molar refractivity (Wildman–Crippen MR) is 122 cm³/mol. The fourth-order valence-corrected chi connectivity index (χ4v) is 4.87. The number of benzene rings is 1. The van der Waals surface area contributed by atoms with Crippen LogP contribution in [-0.4, -0.2) is 80.5 Å². The van der Waals surface area contributed by atoms with Gasteiger partial charge in [-0.05, 0) is 49.1 Å². The van der Waals surface area contributed by atoms with Gasteiger partial charge >= 0.3 is 0 Å². The van der Waals surface area contributed by atoms with Crippen LogP contribution < -0.4 is 14.5 Å². The fourth-order valence-electron chi connectivity index (χ4n) is 4.87. The molecule has 0 amide bonds. The Balaban J connectivity index is 1.19. The van der Waals surface area contributed by atoms with E-state index in [-0.39, 0.29) is 0 Å². The fraction of sp³-hybridized carbons (Fsp3) is 0.583. The van der Waals surface area contributed by atoms with Crippen molar-refractivity contribution in [3.05, 3.63) is 41.6 Å². The van der Waals surface area contributed by atoms with Crippen molar-refractivity contribution in [2.75, 3.05) is 69.4 Å². The number of rotatable bonds is 6. The van der Waals surface area contributed by atoms with Crippen molar-refractivity contribution in [3.8, 4) is 5.75 Å². The van der Waals surface area contributed by atoms with Crippen LogP contribution in [0.15, 0.2) is 30.5 Å². The molecule has 3 aliphatic heterocycles. The van der Waals surface area contributed by atoms with Crippen LogP contribution in [0.3, 0.4) is 0 Å². The van der Waals surface area contributed by atoms with Gasteiger partial charge in [0.2, 0.25) is 5.95 Å². The molecule has 31 heavy (non-hydrogen) atoms. The number of piperidine rings is 1. The lowest BCUT2D eigenvalue weighted by Gasteiger charge is -2.38. The summed E-state index contributed by atoms with van der Waals surface area (Å²) in [5.74, 6) is 2.91. The van der Waals surface area contributed by atoms with Crippen LogP contribution in [0.4, 0.5) is 11.8 Å². The summed E-state index contributed by atoms with van der Waals surface area (Å²) in [6.07, 6.45) is 6.47. The van der Waals surface area contributed by atoms with E-state index in [2.05, 4.69) is 44.9 Å². The van der Waals surface area contributed by atoms with Gasteiger partial charge in [0.05, 0.1) is 19.8 Å². The quantitative estimate of drug-likeness (QED) is 0.707. The van der Waals surface area contributed by atoms with E-state index < -0.39 is 0 Å². The maximum absolute atomic E-state index is 5.64. The highest BCUT2D eigenvalue weighted by atomic mass is 16.5. The number of nitrogens with zero attached hydrogens (tertiary/aromatic N) is 5. The van der Waals surface area contributed by atoms with Gasteiger partial charge in [0.15, 0.2) is 0 Å². The van der Waals surface area contributed by atoms with E-state index in [0.717, 1.165) is 76.4 Å². The van der Waals surface area contributed by atoms with E-state index in [1.165, 1.54) is 30.5 Å². The number of likely N-dealkylation sites (tertiary alicyclic amines) is 1. The molecule has 1 aromatic heterocycles. The zero-order valence-electron chi connectivity index (χ0n) is 18.5. The van der Waals surface area contributed by atoms with Crippen molar-refractivity contribution in [2.45, 2.75) is 31.7 Å². The zero-order chi connectivity index (χ0) is 21.0. The molecule has 0 radical (unpaired) electrons. The van der Waals surface area contributed by atoms with Crippen molar-refractivity contribution in [3.63, 3.8) is 0 Å². The van der Waals surface area contributed by atoms with Gasteiger partial charge in [-0.1, -0.05) is 12.1 Å². The van der Waals surface area contributed by atoms with E-state index in [1.54, 1.807) is 0 Å². The maximum atomic E-state index is 5.64. The topological polar surface area (TPSA) is 54.0 Å². The summed E-state index contributed by atoms with van der Waals surface area (Å²) < 4.78 is 11.1. The van der Waals surface area contributed by atoms with E-state index in [4.69, 9.17) is 14.5 Å². The summed E-state index contributed by atoms with van der Waals surface area (Å²) in [5.41, 5.74) is 2.79. The SMILES string of the molecule is CN(c1ccnc(N2CCOCC2)n1)C1CCCN(CCc2ccc3c(c2)CCO3)C1. The lowest BCUT2D eigenvalue weighted by molar-refractivity contribution is 0.122. The normalized spacial score (nSPS) is 21.6. The molecule has 5 rings (SSSR count). The van der Waals surface area contributed by atoms with Gasteiger partial charge in [-0.2, -0.15) is 4.98 Å². The number of fused-ring (bicyclic) bond motifs is 1. The number of likely N-dealkylation sites (N-methyl/N-ethyl adjacent to an activating group) is 1. The smallest absolute Gasteiger partial charge is 0.227 e. The molecule has 7 heteroatoms. The first kappa shape index (κ1) is 20.5. The van der Waals surface area contributed by atoms with Crippen LogP contribution in [0.5, 0.6) is 5.75 Å². The Morgan fingerprint density at radius 2 is 2.03 bits per heavy atom. The van der Waals surface area contributed by atoms with Crippen molar-refractivity contribution >= 4 is 11.8 Å². The molecule has 3 aliphatic rings. The molecule has 2 fully saturated rings. The van der Waals surface area contributed by atoms with Gasteiger partial charge in [-0.25, -0.2) is 4.98 Å². The van der Waals surface area contributed by atoms with Gasteiger partial charge in [0.1, 0.15) is 11.6 Å². The van der Waals surface area contributed by atoms with Crippen molar-refractivity contribution < 1.29 is 9.47 Å². The minimum atomic E-state index is 0.481. The van der Waals surface area contributed by atoms with Crippen LogP contribution in [0, 0.1) is 0 Å². The molecule has 0 saturated carbocycles. The Labute approximate surface area is 185 Å². The molecule has 1 atom stereocenters. The summed E-state index contributed by atoms with van der Waals surface area (Å²) in [5, 5.41) is 0. The summed E-state index contributed by atoms with van der Waals surface area (Å²) in [6, 6.07) is 9.23. The highest BCUT2D eigenvalue weighted by Gasteiger charge is 2.25. The van der Waals surface area contributed by atoms with Crippen LogP contribution in [0.2, 0.25) is 0 Å². The molecule has 7 nitrogen and oxygen atoms in total. The molecular weight excluding hydrogens is 390 g/mol. The lowest BCUT2D eigenvalue weighted by atomic mass is 10.0. The van der Waals surface area contributed by atoms with E-state index >= 15 is 0 Å². The molecule has 1 unspecified atom stereocenters. The average molecular weight is 424 g/mol. The van der Waals surface area contributed by atoms with E-state index in [9.17, 15) is 0 Å². The van der Waals surface area contributed by atoms with Gasteiger partial charge < -0.3 is 24.2 Å². The average Bonchev–Trinajstić information content (AvgIpc) is 3.31. The summed E-state index contributed by atoms with van der Waals surface area (Å²) in [6.45, 7) is 7.42. The third kappa shape index (κ3) is 4.77. The Morgan fingerprint density at radius 3 is 2.94 bits per heavy atom. The van der Waals surface area contributed by atoms with Gasteiger partial charge in [0, 0.05) is 51.9 Å². The Bertz CT molecular complexity index is 886. The highest BCUT2D eigenvalue weighted by molar-refractivity contribution is 5.44. The largest absolute Gasteiger partial charge is 0.493 e. The van der Waals surface area contributed by atoms with Crippen LogP contribution in [0.1, 0.15) is 24.0 Å². The molecule has 2 saturated heterocycles. The number of morpholine rings is 1. The number of hydrogen-bond acceptors (Lipinski definition) is 7. The first-order valence-electron chi connectivity index (χ1n) is 11.6. The number of hydrogen-bond donors (Lipinski definition) is 0. The number of ether oxygens (including phenoxy) is 2. The minimum Gasteiger partial charge on any atom is -0.493 e. The van der Waals surface area contributed by atoms with Gasteiger partial charge in [-0.3, -0.25) is 0 Å². The molecule has 0 bridgehead atoms. The maximum Gasteiger partial charge on any atom is 0.227 e. The van der Waals surface area contributed by atoms with Crippen molar-refractivity contribution in [2.24, 2.45) is 0 Å². The number of aromatic nitrogens is 2. The van der Waals surface area contributed by atoms with Gasteiger partial charge in [0.25, 0.3) is 0 Å². The second kappa shape index (κ2) is 9.40. The second-order valence-electron chi connectivity index (χ2n) is 8.81. The molecule has 0 N–H and O–H groups in total. The van der Waals surface area contributed by atoms with Crippen molar-refractivity contribution in [1.29, 1.82) is 0 Å². The molecule has 4 heterocycles. The van der Waals surface area contributed by atoms with E-state index in [1.807, 2.05) is 12.3 Å². The predicted octanol–water partition coefficient (Wildman–Crippen LogP) is 2.39. The molecular formula is C24H33N5O2. The third-order valence-corrected chi connectivity index (χ3v) is 6.78. The van der Waals surface area contributed by atoms with Gasteiger partial charge in [-0.15, -0.1) is 0 Å². The Morgan fingerprint density at radius 1 is 1.13 bits per heavy atom. The summed E-state index contributed by atoms with van der Waals surface area (Å²) in [4.78, 5) is 16.6. The first-order chi connectivity index (χ1) is 15.3. The zero-order valence-corrected chi connectivity index (χ0v) is 18.5. The van der Waals surface area contributed by atoms with E-state index in [0.29, 0.717) is 6.04 Å². The molecule has 0 spiro atoms. The van der Waals surface area contributed by atoms with Crippen molar-refractivity contribution in [1.82, 2.24) is 14.9 Å². The minimum absolute atomic E-state index is 0.481. The molecule has 0 aliphatic carbocycles. The van der Waals surface area contributed by atoms with Crippen LogP contribution >= 0.6 is 0 Å². The second-order valence-corrected chi connectivity index (χ2v) is 8.81. The van der Waals surface area contributed by atoms with Crippen LogP contribution in [0.25, 0.3) is 0 Å². The standard InChI is InChI=1S/C24H33N5O2/c1-27(23-6-9-25-24(26-23)29-12-15-30-16-13-29)21-3-2-10-28(18-21)11-7-19-4-5-22-20(17-19)8-14-31-22/h4-6,9,17,21H,2-3,7-8,10-16,18H2,1H3. The Kier molecular flexibility index (Phi) is 6.22. The molecule has 166 valence electrons. The van der Waals surface area contributed by atoms with Crippen LogP contribution in [-0.2, 0) is 17.6 Å². The monoisotopic (exact) mass is 423 g/mol. The molecule has 2 aromatic rings. The Hall–Kier alpha value is -2.38. The summed E-state index contributed by atoms with van der Waals surface area (Å²) in [7, 11) is 2.18. The number of anilines is 2. The molecule has 1 aromatic carbocycles. The summed E-state index contributed by atoms with van der Waals surface area (Å²) >= 11 is 0. The third-order valence-electron chi connectivity index (χ3n) is 6.78. The first-order valence-corrected chi connectivity index (χ1v) is 11.6. The lowest BCUT2D eigenvalue weighted by Crippen LogP contribution is -2.47.